The molecule has 0 saturated heterocycles. The summed E-state index contributed by atoms with van der Waals surface area (Å²) in [4.78, 5) is 14.3. The Labute approximate surface area is 160 Å². The number of carbonyl (C=O) groups is 1. The summed E-state index contributed by atoms with van der Waals surface area (Å²) >= 11 is 0. The van der Waals surface area contributed by atoms with E-state index in [1.165, 1.54) is 0 Å². The van der Waals surface area contributed by atoms with Gasteiger partial charge in [-0.2, -0.15) is 0 Å². The number of nitrogens with zero attached hydrogens (tertiary/aromatic N) is 1. The van der Waals surface area contributed by atoms with Gasteiger partial charge in [0.05, 0.1) is 6.42 Å². The van der Waals surface area contributed by atoms with Crippen LogP contribution >= 0.6 is 0 Å². The lowest BCUT2D eigenvalue weighted by Gasteiger charge is -2.13. The summed E-state index contributed by atoms with van der Waals surface area (Å²) in [6, 6.07) is 23.9. The van der Waals surface area contributed by atoms with Crippen molar-refractivity contribution in [3.8, 4) is 0 Å². The Morgan fingerprint density at radius 1 is 0.815 bits per heavy atom. The van der Waals surface area contributed by atoms with Crippen molar-refractivity contribution in [2.45, 2.75) is 13.3 Å². The summed E-state index contributed by atoms with van der Waals surface area (Å²) in [5.41, 5.74) is 6.14. The highest BCUT2D eigenvalue weighted by Crippen LogP contribution is 2.21. The first-order chi connectivity index (χ1) is 13.0. The molecule has 0 unspecified atom stereocenters. The molecule has 0 radical (unpaired) electrons. The molecular weight excluding hydrogens is 334 g/mol. The van der Waals surface area contributed by atoms with Gasteiger partial charge in [0, 0.05) is 36.8 Å². The van der Waals surface area contributed by atoms with Crippen molar-refractivity contribution in [1.29, 1.82) is 0 Å². The summed E-state index contributed by atoms with van der Waals surface area (Å²) in [7, 11) is 4.04. The van der Waals surface area contributed by atoms with Crippen LogP contribution in [0.15, 0.2) is 72.8 Å². The molecule has 0 aliphatic heterocycles. The van der Waals surface area contributed by atoms with Crippen LogP contribution < -0.4 is 15.5 Å². The zero-order chi connectivity index (χ0) is 19.2. The zero-order valence-corrected chi connectivity index (χ0v) is 16.0. The number of benzene rings is 3. The molecule has 27 heavy (non-hydrogen) atoms. The van der Waals surface area contributed by atoms with Crippen molar-refractivity contribution in [3.05, 3.63) is 83.9 Å². The highest BCUT2D eigenvalue weighted by molar-refractivity contribution is 5.92. The van der Waals surface area contributed by atoms with E-state index in [2.05, 4.69) is 27.7 Å². The monoisotopic (exact) mass is 359 g/mol. The van der Waals surface area contributed by atoms with E-state index in [9.17, 15) is 4.79 Å². The number of hydrogen-bond donors (Lipinski definition) is 2. The highest BCUT2D eigenvalue weighted by atomic mass is 16.1. The minimum atomic E-state index is -0.00992. The third kappa shape index (κ3) is 5.11. The van der Waals surface area contributed by atoms with E-state index in [4.69, 9.17) is 0 Å². The smallest absolute Gasteiger partial charge is 0.228 e. The lowest BCUT2D eigenvalue weighted by atomic mass is 10.1. The number of hydrogen-bond acceptors (Lipinski definition) is 3. The average molecular weight is 359 g/mol. The largest absolute Gasteiger partial charge is 0.378 e. The second-order valence-corrected chi connectivity index (χ2v) is 6.80. The first-order valence-electron chi connectivity index (χ1n) is 9.00. The van der Waals surface area contributed by atoms with Crippen LogP contribution in [0.5, 0.6) is 0 Å². The van der Waals surface area contributed by atoms with Gasteiger partial charge in [-0.05, 0) is 66.6 Å². The Hall–Kier alpha value is -3.27. The third-order valence-electron chi connectivity index (χ3n) is 4.45. The minimum Gasteiger partial charge on any atom is -0.378 e. The molecule has 0 aromatic heterocycles. The van der Waals surface area contributed by atoms with Crippen LogP contribution in [0.3, 0.4) is 0 Å². The lowest BCUT2D eigenvalue weighted by molar-refractivity contribution is -0.115. The predicted octanol–water partition coefficient (Wildman–Crippen LogP) is 4.99. The van der Waals surface area contributed by atoms with Gasteiger partial charge in [0.25, 0.3) is 0 Å². The zero-order valence-electron chi connectivity index (χ0n) is 16.0. The molecule has 4 nitrogen and oxygen atoms in total. The minimum absolute atomic E-state index is 0.00992. The van der Waals surface area contributed by atoms with Crippen molar-refractivity contribution in [3.63, 3.8) is 0 Å². The third-order valence-corrected chi connectivity index (χ3v) is 4.45. The van der Waals surface area contributed by atoms with Crippen LogP contribution in [0.4, 0.5) is 22.7 Å². The molecule has 4 heteroatoms. The van der Waals surface area contributed by atoms with E-state index in [0.717, 1.165) is 33.9 Å². The fourth-order valence-electron chi connectivity index (χ4n) is 2.83. The lowest BCUT2D eigenvalue weighted by Crippen LogP contribution is -2.14. The van der Waals surface area contributed by atoms with Gasteiger partial charge in [-0.25, -0.2) is 0 Å². The average Bonchev–Trinajstić information content (AvgIpc) is 2.66. The molecule has 0 atom stereocenters. The summed E-state index contributed by atoms with van der Waals surface area (Å²) in [6.45, 7) is 2.02. The fourth-order valence-corrected chi connectivity index (χ4v) is 2.83. The molecule has 1 amide bonds. The number of anilines is 4. The molecule has 138 valence electrons. The molecule has 3 aromatic rings. The maximum absolute atomic E-state index is 12.3. The van der Waals surface area contributed by atoms with Crippen molar-refractivity contribution in [1.82, 2.24) is 0 Å². The molecule has 0 aliphatic carbocycles. The summed E-state index contributed by atoms with van der Waals surface area (Å²) in [6.07, 6.45) is 0.380. The number of rotatable bonds is 6. The molecular formula is C23H25N3O. The van der Waals surface area contributed by atoms with Gasteiger partial charge >= 0.3 is 0 Å². The molecule has 3 rings (SSSR count). The SMILES string of the molecule is Cc1ccccc1CC(=O)Nc1ccc(Nc2ccc(N(C)C)cc2)cc1. The standard InChI is InChI=1S/C23H25N3O/c1-17-6-4-5-7-18(17)16-23(27)25-21-10-8-19(9-11-21)24-20-12-14-22(15-13-20)26(2)3/h4-15,24H,16H2,1-3H3,(H,25,27). The second-order valence-electron chi connectivity index (χ2n) is 6.80. The quantitative estimate of drug-likeness (QED) is 0.652. The maximum atomic E-state index is 12.3. The van der Waals surface area contributed by atoms with Gasteiger partial charge in [-0.3, -0.25) is 4.79 Å². The Bertz CT molecular complexity index is 900. The van der Waals surface area contributed by atoms with Crippen LogP contribution in [0.25, 0.3) is 0 Å². The Balaban J connectivity index is 1.58. The topological polar surface area (TPSA) is 44.4 Å². The number of nitrogens with one attached hydrogen (secondary N) is 2. The van der Waals surface area contributed by atoms with E-state index in [0.29, 0.717) is 6.42 Å². The molecule has 3 aromatic carbocycles. The summed E-state index contributed by atoms with van der Waals surface area (Å²) < 4.78 is 0. The van der Waals surface area contributed by atoms with Gasteiger partial charge in [0.2, 0.25) is 5.91 Å². The number of carbonyl (C=O) groups excluding carboxylic acids is 1. The van der Waals surface area contributed by atoms with Crippen LogP contribution in [0.2, 0.25) is 0 Å². The molecule has 0 spiro atoms. The summed E-state index contributed by atoms with van der Waals surface area (Å²) in [5.74, 6) is -0.00992. The van der Waals surface area contributed by atoms with E-state index < -0.39 is 0 Å². The predicted molar refractivity (Wildman–Crippen MR) is 114 cm³/mol. The number of amides is 1. The molecule has 0 saturated carbocycles. The van der Waals surface area contributed by atoms with Crippen molar-refractivity contribution in [2.24, 2.45) is 0 Å². The van der Waals surface area contributed by atoms with Gasteiger partial charge in [-0.15, -0.1) is 0 Å². The first kappa shape index (κ1) is 18.5. The summed E-state index contributed by atoms with van der Waals surface area (Å²) in [5, 5.41) is 6.32. The molecule has 0 heterocycles. The van der Waals surface area contributed by atoms with Gasteiger partial charge in [0.15, 0.2) is 0 Å². The van der Waals surface area contributed by atoms with Crippen molar-refractivity contribution < 1.29 is 4.79 Å². The van der Waals surface area contributed by atoms with E-state index >= 15 is 0 Å². The second kappa shape index (κ2) is 8.41. The van der Waals surface area contributed by atoms with Gasteiger partial charge in [-0.1, -0.05) is 24.3 Å². The highest BCUT2D eigenvalue weighted by Gasteiger charge is 2.06. The fraction of sp³-hybridized carbons (Fsp3) is 0.174. The normalized spacial score (nSPS) is 10.3. The Morgan fingerprint density at radius 2 is 1.37 bits per heavy atom. The Kier molecular flexibility index (Phi) is 5.77. The van der Waals surface area contributed by atoms with Crippen LogP contribution in [0.1, 0.15) is 11.1 Å². The van der Waals surface area contributed by atoms with E-state index in [1.54, 1.807) is 0 Å². The number of aryl methyl sites for hydroxylation is 1. The van der Waals surface area contributed by atoms with Crippen LogP contribution in [-0.4, -0.2) is 20.0 Å². The van der Waals surface area contributed by atoms with Crippen molar-refractivity contribution in [2.75, 3.05) is 29.6 Å². The van der Waals surface area contributed by atoms with Crippen molar-refractivity contribution >= 4 is 28.7 Å². The maximum Gasteiger partial charge on any atom is 0.228 e. The molecule has 0 bridgehead atoms. The van der Waals surface area contributed by atoms with Crippen LogP contribution in [0, 0.1) is 6.92 Å². The van der Waals surface area contributed by atoms with Gasteiger partial charge < -0.3 is 15.5 Å². The van der Waals surface area contributed by atoms with E-state index in [-0.39, 0.29) is 5.91 Å². The molecule has 2 N–H and O–H groups in total. The first-order valence-corrected chi connectivity index (χ1v) is 9.00. The van der Waals surface area contributed by atoms with Gasteiger partial charge in [0.1, 0.15) is 0 Å². The van der Waals surface area contributed by atoms with Crippen LogP contribution in [-0.2, 0) is 11.2 Å². The Morgan fingerprint density at radius 3 is 1.96 bits per heavy atom. The molecule has 0 aliphatic rings. The molecule has 0 fully saturated rings. The van der Waals surface area contributed by atoms with E-state index in [1.807, 2.05) is 81.7 Å².